The molecule has 134 valence electrons. The van der Waals surface area contributed by atoms with Crippen molar-refractivity contribution in [2.45, 2.75) is 53.4 Å². The minimum Gasteiger partial charge on any atom is -0.396 e. The van der Waals surface area contributed by atoms with Crippen LogP contribution in [0.25, 0.3) is 0 Å². The van der Waals surface area contributed by atoms with Crippen LogP contribution in [0.3, 0.4) is 0 Å². The molecule has 2 aliphatic rings. The van der Waals surface area contributed by atoms with Gasteiger partial charge in [-0.2, -0.15) is 0 Å². The zero-order chi connectivity index (χ0) is 17.2. The molecule has 0 saturated heterocycles. The average Bonchev–Trinajstić information content (AvgIpc) is 3.02. The molecule has 0 aromatic heterocycles. The van der Waals surface area contributed by atoms with Gasteiger partial charge in [0.1, 0.15) is 0 Å². The Morgan fingerprint density at radius 3 is 1.00 bits per heavy atom. The van der Waals surface area contributed by atoms with Gasteiger partial charge < -0.3 is 20.4 Å². The van der Waals surface area contributed by atoms with Gasteiger partial charge in [0.2, 0.25) is 0 Å². The van der Waals surface area contributed by atoms with E-state index in [4.69, 9.17) is 0 Å². The quantitative estimate of drug-likeness (QED) is 0.525. The number of thioether (sulfide) groups is 4. The molecule has 0 saturated carbocycles. The van der Waals surface area contributed by atoms with E-state index < -0.39 is 0 Å². The van der Waals surface area contributed by atoms with Crippen LogP contribution in [0.2, 0.25) is 0 Å². The third-order valence-electron chi connectivity index (χ3n) is 4.16. The Morgan fingerprint density at radius 2 is 0.792 bits per heavy atom. The molecule has 2 heterocycles. The summed E-state index contributed by atoms with van der Waals surface area (Å²) in [6, 6.07) is 4.40. The standard InChI is InChI=1S/C16H22O4S4/c17-5-1-15(2-6-18)21-11-9-13-14(10-12(11)22-15)24-16(23-13,3-7-19)4-8-20/h9-10,17-20H,1-8H2. The Hall–Kier alpha value is 0.460. The van der Waals surface area contributed by atoms with Crippen LogP contribution in [0.1, 0.15) is 25.7 Å². The van der Waals surface area contributed by atoms with Crippen molar-refractivity contribution in [1.82, 2.24) is 0 Å². The molecule has 0 radical (unpaired) electrons. The SMILES string of the molecule is OCCC1(CCO)Sc2cc3c(cc2S1)SC(CCO)(CCO)S3. The summed E-state index contributed by atoms with van der Waals surface area (Å²) in [6.45, 7) is 0.473. The highest BCUT2D eigenvalue weighted by atomic mass is 32.2. The van der Waals surface area contributed by atoms with Crippen molar-refractivity contribution in [3.63, 3.8) is 0 Å². The Labute approximate surface area is 159 Å². The minimum atomic E-state index is -0.177. The van der Waals surface area contributed by atoms with Gasteiger partial charge in [-0.05, 0) is 37.8 Å². The fourth-order valence-corrected chi connectivity index (χ4v) is 9.58. The van der Waals surface area contributed by atoms with Crippen molar-refractivity contribution in [3.8, 4) is 0 Å². The predicted octanol–water partition coefficient (Wildman–Crippen LogP) is 3.00. The molecule has 4 N–H and O–H groups in total. The normalized spacial score (nSPS) is 20.2. The predicted molar refractivity (Wildman–Crippen MR) is 102 cm³/mol. The number of rotatable bonds is 8. The molecule has 24 heavy (non-hydrogen) atoms. The van der Waals surface area contributed by atoms with Gasteiger partial charge in [0, 0.05) is 46.0 Å². The van der Waals surface area contributed by atoms with Crippen molar-refractivity contribution in [2.75, 3.05) is 26.4 Å². The molecule has 4 nitrogen and oxygen atoms in total. The van der Waals surface area contributed by atoms with Gasteiger partial charge in [0.25, 0.3) is 0 Å². The molecule has 0 unspecified atom stereocenters. The monoisotopic (exact) mass is 406 g/mol. The molecule has 0 bridgehead atoms. The van der Waals surface area contributed by atoms with Gasteiger partial charge in [-0.15, -0.1) is 47.0 Å². The lowest BCUT2D eigenvalue weighted by Gasteiger charge is -2.25. The van der Waals surface area contributed by atoms with E-state index in [0.717, 1.165) is 0 Å². The van der Waals surface area contributed by atoms with Crippen LogP contribution in [-0.4, -0.2) is 55.0 Å². The first-order valence-corrected chi connectivity index (χ1v) is 11.2. The maximum absolute atomic E-state index is 9.39. The first-order valence-electron chi connectivity index (χ1n) is 7.97. The van der Waals surface area contributed by atoms with E-state index in [-0.39, 0.29) is 34.6 Å². The number of aliphatic hydroxyl groups is 4. The van der Waals surface area contributed by atoms with Crippen LogP contribution in [0, 0.1) is 0 Å². The van der Waals surface area contributed by atoms with Gasteiger partial charge in [0.05, 0.1) is 8.16 Å². The molecule has 0 amide bonds. The Kier molecular flexibility index (Phi) is 6.41. The maximum Gasteiger partial charge on any atom is 0.0749 e. The lowest BCUT2D eigenvalue weighted by Crippen LogP contribution is -2.20. The van der Waals surface area contributed by atoms with Gasteiger partial charge in [-0.25, -0.2) is 0 Å². The Bertz CT molecular complexity index is 497. The van der Waals surface area contributed by atoms with Crippen molar-refractivity contribution in [3.05, 3.63) is 12.1 Å². The molecule has 3 rings (SSSR count). The summed E-state index contributed by atoms with van der Waals surface area (Å²) in [6.07, 6.45) is 2.62. The van der Waals surface area contributed by atoms with Crippen LogP contribution in [-0.2, 0) is 0 Å². The number of fused-ring (bicyclic) bond motifs is 2. The molecule has 0 aliphatic carbocycles. The summed E-state index contributed by atoms with van der Waals surface area (Å²) < 4.78 is -0.354. The second kappa shape index (κ2) is 8.00. The third kappa shape index (κ3) is 3.76. The molecule has 1 aromatic rings. The third-order valence-corrected chi connectivity index (χ3v) is 10.8. The van der Waals surface area contributed by atoms with Gasteiger partial charge >= 0.3 is 0 Å². The molecule has 2 aliphatic heterocycles. The van der Waals surface area contributed by atoms with Crippen molar-refractivity contribution >= 4 is 47.0 Å². The molecular formula is C16H22O4S4. The van der Waals surface area contributed by atoms with Crippen molar-refractivity contribution < 1.29 is 20.4 Å². The zero-order valence-corrected chi connectivity index (χ0v) is 16.5. The molecule has 8 heteroatoms. The highest BCUT2D eigenvalue weighted by molar-refractivity contribution is 8.21. The average molecular weight is 407 g/mol. The van der Waals surface area contributed by atoms with Gasteiger partial charge in [-0.3, -0.25) is 0 Å². The van der Waals surface area contributed by atoms with Crippen LogP contribution in [0.15, 0.2) is 31.7 Å². The summed E-state index contributed by atoms with van der Waals surface area (Å²) >= 11 is 6.99. The largest absolute Gasteiger partial charge is 0.396 e. The zero-order valence-electron chi connectivity index (χ0n) is 13.2. The molecule has 0 fully saturated rings. The highest BCUT2D eigenvalue weighted by Crippen LogP contribution is 2.65. The fourth-order valence-electron chi connectivity index (χ4n) is 3.02. The first kappa shape index (κ1) is 19.2. The van der Waals surface area contributed by atoms with Gasteiger partial charge in [-0.1, -0.05) is 0 Å². The summed E-state index contributed by atoms with van der Waals surface area (Å²) in [7, 11) is 0. The highest BCUT2D eigenvalue weighted by Gasteiger charge is 2.43. The van der Waals surface area contributed by atoms with E-state index in [2.05, 4.69) is 12.1 Å². The van der Waals surface area contributed by atoms with E-state index in [1.54, 1.807) is 47.0 Å². The number of benzene rings is 1. The second-order valence-corrected chi connectivity index (χ2v) is 12.1. The molecule has 1 aromatic carbocycles. The van der Waals surface area contributed by atoms with Crippen molar-refractivity contribution in [1.29, 1.82) is 0 Å². The lowest BCUT2D eigenvalue weighted by molar-refractivity contribution is 0.253. The van der Waals surface area contributed by atoms with Crippen LogP contribution < -0.4 is 0 Å². The van der Waals surface area contributed by atoms with Crippen LogP contribution in [0.5, 0.6) is 0 Å². The summed E-state index contributed by atoms with van der Waals surface area (Å²) in [4.78, 5) is 4.82. The topological polar surface area (TPSA) is 80.9 Å². The number of hydrogen-bond acceptors (Lipinski definition) is 8. The first-order chi connectivity index (χ1) is 11.6. The fraction of sp³-hybridized carbons (Fsp3) is 0.625. The number of hydrogen-bond donors (Lipinski definition) is 4. The summed E-state index contributed by atoms with van der Waals surface area (Å²) in [5.41, 5.74) is 0. The van der Waals surface area contributed by atoms with Crippen LogP contribution >= 0.6 is 47.0 Å². The molecular weight excluding hydrogens is 384 g/mol. The number of aliphatic hydroxyl groups excluding tert-OH is 4. The van der Waals surface area contributed by atoms with E-state index in [0.29, 0.717) is 25.7 Å². The molecule has 0 spiro atoms. The lowest BCUT2D eigenvalue weighted by atomic mass is 10.2. The minimum absolute atomic E-state index is 0.118. The van der Waals surface area contributed by atoms with E-state index >= 15 is 0 Å². The Balaban J connectivity index is 1.84. The maximum atomic E-state index is 9.39. The van der Waals surface area contributed by atoms with E-state index in [9.17, 15) is 20.4 Å². The summed E-state index contributed by atoms with van der Waals surface area (Å²) in [5.74, 6) is 0. The van der Waals surface area contributed by atoms with Crippen molar-refractivity contribution in [2.24, 2.45) is 0 Å². The van der Waals surface area contributed by atoms with Gasteiger partial charge in [0.15, 0.2) is 0 Å². The summed E-state index contributed by atoms with van der Waals surface area (Å²) in [5, 5.41) is 37.5. The van der Waals surface area contributed by atoms with Crippen LogP contribution in [0.4, 0.5) is 0 Å². The Morgan fingerprint density at radius 1 is 0.542 bits per heavy atom. The molecule has 0 atom stereocenters. The second-order valence-electron chi connectivity index (χ2n) is 5.87. The van der Waals surface area contributed by atoms with E-state index in [1.165, 1.54) is 19.6 Å². The van der Waals surface area contributed by atoms with E-state index in [1.807, 2.05) is 0 Å². The smallest absolute Gasteiger partial charge is 0.0749 e.